The molecule has 0 bridgehead atoms. The van der Waals surface area contributed by atoms with Gasteiger partial charge >= 0.3 is 5.97 Å². The molecule has 0 amide bonds. The van der Waals surface area contributed by atoms with Gasteiger partial charge in [0.15, 0.2) is 0 Å². The summed E-state index contributed by atoms with van der Waals surface area (Å²) < 4.78 is 32.7. The Balaban J connectivity index is 3.57. The Hall–Kier alpha value is -0.700. The van der Waals surface area contributed by atoms with E-state index < -0.39 is 21.8 Å². The van der Waals surface area contributed by atoms with Crippen molar-refractivity contribution >= 4 is 16.2 Å². The van der Waals surface area contributed by atoms with Crippen molar-refractivity contribution in [2.24, 2.45) is 5.14 Å². The van der Waals surface area contributed by atoms with Crippen LogP contribution in [0.1, 0.15) is 20.8 Å². The highest BCUT2D eigenvalue weighted by Gasteiger charge is 2.15. The highest BCUT2D eigenvalue weighted by molar-refractivity contribution is 7.87. The van der Waals surface area contributed by atoms with Gasteiger partial charge in [0.1, 0.15) is 12.2 Å². The molecule has 0 aliphatic carbocycles. The maximum Gasteiger partial charge on any atom is 0.332 e. The standard InChI is InChI=1S/C8H18N2O5S/c1-8(2,3)15-7(11)6-14-5-4-10-16(9,12)13/h10H,4-6H2,1-3H3,(H2,9,12,13). The van der Waals surface area contributed by atoms with E-state index in [4.69, 9.17) is 9.47 Å². The smallest absolute Gasteiger partial charge is 0.332 e. The molecule has 0 heterocycles. The van der Waals surface area contributed by atoms with Gasteiger partial charge in [-0.1, -0.05) is 0 Å². The molecule has 0 saturated carbocycles. The summed E-state index contributed by atoms with van der Waals surface area (Å²) in [5.74, 6) is -0.497. The Morgan fingerprint density at radius 3 is 2.38 bits per heavy atom. The van der Waals surface area contributed by atoms with Crippen molar-refractivity contribution < 1.29 is 22.7 Å². The fourth-order valence-corrected chi connectivity index (χ4v) is 1.15. The number of hydrogen-bond donors (Lipinski definition) is 2. The summed E-state index contributed by atoms with van der Waals surface area (Å²) in [6.45, 7) is 5.08. The molecule has 0 aromatic heterocycles. The van der Waals surface area contributed by atoms with Crippen LogP contribution in [0, 0.1) is 0 Å². The largest absolute Gasteiger partial charge is 0.458 e. The highest BCUT2D eigenvalue weighted by atomic mass is 32.2. The van der Waals surface area contributed by atoms with E-state index in [0.717, 1.165) is 0 Å². The Labute approximate surface area is 95.5 Å². The van der Waals surface area contributed by atoms with Crippen LogP contribution in [0.25, 0.3) is 0 Å². The molecule has 0 rings (SSSR count). The predicted octanol–water partition coefficient (Wildman–Crippen LogP) is -0.862. The zero-order valence-electron chi connectivity index (χ0n) is 9.65. The first kappa shape index (κ1) is 15.3. The van der Waals surface area contributed by atoms with Crippen molar-refractivity contribution in [2.45, 2.75) is 26.4 Å². The molecule has 0 fully saturated rings. The predicted molar refractivity (Wildman–Crippen MR) is 57.8 cm³/mol. The van der Waals surface area contributed by atoms with Crippen molar-refractivity contribution in [2.75, 3.05) is 19.8 Å². The van der Waals surface area contributed by atoms with E-state index in [0.29, 0.717) is 0 Å². The van der Waals surface area contributed by atoms with Crippen LogP contribution in [0.3, 0.4) is 0 Å². The first-order chi connectivity index (χ1) is 7.10. The van der Waals surface area contributed by atoms with E-state index in [9.17, 15) is 13.2 Å². The van der Waals surface area contributed by atoms with Crippen LogP contribution in [0.5, 0.6) is 0 Å². The third-order valence-corrected chi connectivity index (χ3v) is 1.80. The quantitative estimate of drug-likeness (QED) is 0.473. The molecule has 96 valence electrons. The van der Waals surface area contributed by atoms with E-state index in [2.05, 4.69) is 5.14 Å². The SMILES string of the molecule is CC(C)(C)OC(=O)COCCNS(N)(=O)=O. The van der Waals surface area contributed by atoms with Crippen molar-refractivity contribution in [3.05, 3.63) is 0 Å². The van der Waals surface area contributed by atoms with E-state index in [-0.39, 0.29) is 19.8 Å². The molecular weight excluding hydrogens is 236 g/mol. The van der Waals surface area contributed by atoms with Gasteiger partial charge in [-0.3, -0.25) is 0 Å². The van der Waals surface area contributed by atoms with E-state index in [1.807, 2.05) is 4.72 Å². The van der Waals surface area contributed by atoms with Gasteiger partial charge in [-0.2, -0.15) is 8.42 Å². The highest BCUT2D eigenvalue weighted by Crippen LogP contribution is 2.06. The number of ether oxygens (including phenoxy) is 2. The van der Waals surface area contributed by atoms with Crippen molar-refractivity contribution in [1.82, 2.24) is 4.72 Å². The minimum Gasteiger partial charge on any atom is -0.458 e. The summed E-state index contributed by atoms with van der Waals surface area (Å²) in [6, 6.07) is 0. The monoisotopic (exact) mass is 254 g/mol. The lowest BCUT2D eigenvalue weighted by molar-refractivity contribution is -0.160. The lowest BCUT2D eigenvalue weighted by Gasteiger charge is -2.19. The average molecular weight is 254 g/mol. The molecule has 7 nitrogen and oxygen atoms in total. The van der Waals surface area contributed by atoms with Crippen molar-refractivity contribution in [3.63, 3.8) is 0 Å². The van der Waals surface area contributed by atoms with Crippen LogP contribution in [-0.2, 0) is 24.5 Å². The molecule has 0 aliphatic heterocycles. The number of hydrogen-bond acceptors (Lipinski definition) is 5. The van der Waals surface area contributed by atoms with Crippen molar-refractivity contribution in [3.8, 4) is 0 Å². The first-order valence-electron chi connectivity index (χ1n) is 4.67. The molecule has 0 radical (unpaired) electrons. The summed E-state index contributed by atoms with van der Waals surface area (Å²) in [7, 11) is -3.70. The molecule has 0 unspecified atom stereocenters. The first-order valence-corrected chi connectivity index (χ1v) is 6.22. The van der Waals surface area contributed by atoms with E-state index in [1.54, 1.807) is 20.8 Å². The molecule has 0 saturated heterocycles. The second kappa shape index (κ2) is 6.14. The second-order valence-corrected chi connectivity index (χ2v) is 5.46. The number of carbonyl (C=O) groups is 1. The van der Waals surface area contributed by atoms with Crippen LogP contribution < -0.4 is 9.86 Å². The van der Waals surface area contributed by atoms with E-state index in [1.165, 1.54) is 0 Å². The summed E-state index contributed by atoms with van der Waals surface area (Å²) in [4.78, 5) is 11.1. The molecule has 0 atom stereocenters. The maximum absolute atomic E-state index is 11.1. The second-order valence-electron chi connectivity index (χ2n) is 4.08. The van der Waals surface area contributed by atoms with Crippen LogP contribution in [0.2, 0.25) is 0 Å². The van der Waals surface area contributed by atoms with Gasteiger partial charge in [-0.05, 0) is 20.8 Å². The van der Waals surface area contributed by atoms with E-state index >= 15 is 0 Å². The average Bonchev–Trinajstić information content (AvgIpc) is 1.97. The van der Waals surface area contributed by atoms with Crippen LogP contribution in [0.4, 0.5) is 0 Å². The summed E-state index contributed by atoms with van der Waals surface area (Å²) in [5, 5.41) is 4.67. The maximum atomic E-state index is 11.1. The molecule has 0 aliphatic rings. The Bertz CT molecular complexity index is 320. The zero-order chi connectivity index (χ0) is 12.8. The minimum absolute atomic E-state index is 0.0155. The molecule has 0 spiro atoms. The molecule has 3 N–H and O–H groups in total. The van der Waals surface area contributed by atoms with Crippen LogP contribution >= 0.6 is 0 Å². The van der Waals surface area contributed by atoms with Crippen LogP contribution in [-0.4, -0.2) is 39.7 Å². The van der Waals surface area contributed by atoms with Crippen molar-refractivity contribution in [1.29, 1.82) is 0 Å². The fraction of sp³-hybridized carbons (Fsp3) is 0.875. The van der Waals surface area contributed by atoms with Gasteiger partial charge in [-0.25, -0.2) is 14.7 Å². The molecule has 0 aromatic rings. The summed E-state index contributed by atoms with van der Waals surface area (Å²) in [5.41, 5.74) is -0.556. The summed E-state index contributed by atoms with van der Waals surface area (Å²) in [6.07, 6.45) is 0. The normalized spacial score (nSPS) is 12.5. The zero-order valence-corrected chi connectivity index (χ0v) is 10.5. The number of nitrogens with one attached hydrogen (secondary N) is 1. The number of esters is 1. The van der Waals surface area contributed by atoms with Gasteiger partial charge in [0.25, 0.3) is 10.2 Å². The summed E-state index contributed by atoms with van der Waals surface area (Å²) >= 11 is 0. The van der Waals surface area contributed by atoms with Gasteiger partial charge in [-0.15, -0.1) is 0 Å². The fourth-order valence-electron chi connectivity index (χ4n) is 0.783. The number of carbonyl (C=O) groups excluding carboxylic acids is 1. The number of rotatable bonds is 6. The van der Waals surface area contributed by atoms with Gasteiger partial charge < -0.3 is 9.47 Å². The Morgan fingerprint density at radius 1 is 1.38 bits per heavy atom. The Kier molecular flexibility index (Phi) is 5.87. The number of nitrogens with two attached hydrogens (primary N) is 1. The van der Waals surface area contributed by atoms with Gasteiger partial charge in [0.2, 0.25) is 0 Å². The lowest BCUT2D eigenvalue weighted by Crippen LogP contribution is -2.34. The topological polar surface area (TPSA) is 108 Å². The Morgan fingerprint density at radius 2 is 1.94 bits per heavy atom. The third-order valence-electron chi connectivity index (χ3n) is 1.19. The lowest BCUT2D eigenvalue weighted by atomic mass is 10.2. The van der Waals surface area contributed by atoms with Gasteiger partial charge in [0, 0.05) is 6.54 Å². The molecular formula is C8H18N2O5S. The molecule has 8 heteroatoms. The molecule has 16 heavy (non-hydrogen) atoms. The third kappa shape index (κ3) is 11.4. The minimum atomic E-state index is -3.70. The van der Waals surface area contributed by atoms with Crippen LogP contribution in [0.15, 0.2) is 0 Å². The van der Waals surface area contributed by atoms with Gasteiger partial charge in [0.05, 0.1) is 6.61 Å². The molecule has 0 aromatic carbocycles.